The Balaban J connectivity index is 3.11. The molecule has 0 amide bonds. The fourth-order valence-electron chi connectivity index (χ4n) is 1.82. The first-order chi connectivity index (χ1) is 7.99. The zero-order valence-corrected chi connectivity index (χ0v) is 10.7. The summed E-state index contributed by atoms with van der Waals surface area (Å²) in [6, 6.07) is 3.41. The second-order valence-corrected chi connectivity index (χ2v) is 4.08. The van der Waals surface area contributed by atoms with Crippen LogP contribution >= 0.6 is 0 Å². The second-order valence-electron chi connectivity index (χ2n) is 4.08. The fraction of sp³-hybridized carbons (Fsp3) is 0.462. The molecule has 0 aliphatic heterocycles. The van der Waals surface area contributed by atoms with E-state index in [1.54, 1.807) is 14.2 Å². The Morgan fingerprint density at radius 2 is 1.82 bits per heavy atom. The molecule has 94 valence electrons. The Hall–Kier alpha value is -1.55. The molecule has 4 heteroatoms. The van der Waals surface area contributed by atoms with Gasteiger partial charge in [-0.2, -0.15) is 0 Å². The van der Waals surface area contributed by atoms with Crippen LogP contribution in [0.2, 0.25) is 0 Å². The summed E-state index contributed by atoms with van der Waals surface area (Å²) in [7, 11) is 3.17. The van der Waals surface area contributed by atoms with E-state index in [0.29, 0.717) is 17.9 Å². The van der Waals surface area contributed by atoms with Gasteiger partial charge < -0.3 is 15.2 Å². The maximum atomic E-state index is 11.1. The molecule has 2 N–H and O–H groups in total. The van der Waals surface area contributed by atoms with Crippen molar-refractivity contribution in [1.29, 1.82) is 0 Å². The van der Waals surface area contributed by atoms with Gasteiger partial charge in [0.05, 0.1) is 14.2 Å². The average molecular weight is 237 g/mol. The first kappa shape index (κ1) is 13.5. The van der Waals surface area contributed by atoms with Crippen LogP contribution in [0.25, 0.3) is 0 Å². The zero-order valence-electron chi connectivity index (χ0n) is 10.7. The third-order valence-corrected chi connectivity index (χ3v) is 2.68. The van der Waals surface area contributed by atoms with E-state index < -0.39 is 0 Å². The normalized spacial score (nSPS) is 12.1. The fourth-order valence-corrected chi connectivity index (χ4v) is 1.82. The topological polar surface area (TPSA) is 61.5 Å². The molecule has 1 aromatic carbocycles. The van der Waals surface area contributed by atoms with Crippen LogP contribution < -0.4 is 15.2 Å². The van der Waals surface area contributed by atoms with Crippen molar-refractivity contribution in [2.24, 2.45) is 5.73 Å². The third-order valence-electron chi connectivity index (χ3n) is 2.68. The number of nitrogens with two attached hydrogens (primary N) is 1. The highest BCUT2D eigenvalue weighted by molar-refractivity contribution is 5.76. The number of aryl methyl sites for hydroxylation is 1. The number of carbonyl (C=O) groups excluding carboxylic acids is 1. The number of rotatable bonds is 5. The van der Waals surface area contributed by atoms with E-state index in [4.69, 9.17) is 15.2 Å². The van der Waals surface area contributed by atoms with Crippen molar-refractivity contribution in [2.45, 2.75) is 26.3 Å². The monoisotopic (exact) mass is 237 g/mol. The highest BCUT2D eigenvalue weighted by atomic mass is 16.5. The molecule has 0 aromatic heterocycles. The summed E-state index contributed by atoms with van der Waals surface area (Å²) in [6.45, 7) is 3.48. The highest BCUT2D eigenvalue weighted by Crippen LogP contribution is 2.33. The van der Waals surface area contributed by atoms with E-state index in [1.165, 1.54) is 6.92 Å². The number of methoxy groups -OCH3 is 2. The maximum Gasteiger partial charge on any atom is 0.161 e. The number of ether oxygens (including phenoxy) is 2. The second kappa shape index (κ2) is 5.68. The number of hydrogen-bond donors (Lipinski definition) is 1. The summed E-state index contributed by atoms with van der Waals surface area (Å²) in [5, 5.41) is 0. The van der Waals surface area contributed by atoms with Crippen LogP contribution in [-0.2, 0) is 4.79 Å². The lowest BCUT2D eigenvalue weighted by molar-refractivity contribution is -0.117. The van der Waals surface area contributed by atoms with E-state index in [9.17, 15) is 4.79 Å². The summed E-state index contributed by atoms with van der Waals surface area (Å²) >= 11 is 0. The van der Waals surface area contributed by atoms with Gasteiger partial charge in [0.15, 0.2) is 11.5 Å². The van der Waals surface area contributed by atoms with Crippen molar-refractivity contribution >= 4 is 5.78 Å². The molecular weight excluding hydrogens is 218 g/mol. The van der Waals surface area contributed by atoms with E-state index >= 15 is 0 Å². The third kappa shape index (κ3) is 3.20. The van der Waals surface area contributed by atoms with Gasteiger partial charge in [0.25, 0.3) is 0 Å². The van der Waals surface area contributed by atoms with Gasteiger partial charge in [-0.15, -0.1) is 0 Å². The van der Waals surface area contributed by atoms with Gasteiger partial charge in [0.2, 0.25) is 0 Å². The molecule has 4 nitrogen and oxygen atoms in total. The molecule has 0 saturated carbocycles. The van der Waals surface area contributed by atoms with Crippen molar-refractivity contribution in [2.75, 3.05) is 14.2 Å². The van der Waals surface area contributed by atoms with Gasteiger partial charge in [-0.05, 0) is 37.1 Å². The standard InChI is InChI=1S/C13H19NO3/c1-8-5-12(16-3)13(17-4)7-10(8)11(14)6-9(2)15/h5,7,11H,6,14H2,1-4H3. The first-order valence-corrected chi connectivity index (χ1v) is 5.47. The Bertz CT molecular complexity index is 415. The van der Waals surface area contributed by atoms with E-state index in [1.807, 2.05) is 19.1 Å². The maximum absolute atomic E-state index is 11.1. The molecule has 0 fully saturated rings. The van der Waals surface area contributed by atoms with Gasteiger partial charge in [-0.1, -0.05) is 0 Å². The Kier molecular flexibility index (Phi) is 4.52. The van der Waals surface area contributed by atoms with Crippen LogP contribution in [0.3, 0.4) is 0 Å². The Morgan fingerprint density at radius 3 is 2.29 bits per heavy atom. The molecule has 1 unspecified atom stereocenters. The highest BCUT2D eigenvalue weighted by Gasteiger charge is 2.15. The minimum atomic E-state index is -0.299. The lowest BCUT2D eigenvalue weighted by Crippen LogP contribution is -2.15. The van der Waals surface area contributed by atoms with Crippen molar-refractivity contribution in [3.63, 3.8) is 0 Å². The predicted molar refractivity (Wildman–Crippen MR) is 66.5 cm³/mol. The van der Waals surface area contributed by atoms with E-state index in [2.05, 4.69) is 0 Å². The lowest BCUT2D eigenvalue weighted by Gasteiger charge is -2.16. The molecular formula is C13H19NO3. The SMILES string of the molecule is COc1cc(C)c(C(N)CC(C)=O)cc1OC. The Labute approximate surface area is 102 Å². The largest absolute Gasteiger partial charge is 0.493 e. The molecule has 0 bridgehead atoms. The number of hydrogen-bond acceptors (Lipinski definition) is 4. The molecule has 0 aliphatic carbocycles. The van der Waals surface area contributed by atoms with Crippen LogP contribution in [0.15, 0.2) is 12.1 Å². The Morgan fingerprint density at radius 1 is 1.29 bits per heavy atom. The smallest absolute Gasteiger partial charge is 0.161 e. The summed E-state index contributed by atoms with van der Waals surface area (Å²) in [5.74, 6) is 1.38. The molecule has 1 atom stereocenters. The average Bonchev–Trinajstić information content (AvgIpc) is 2.27. The first-order valence-electron chi connectivity index (χ1n) is 5.47. The summed E-state index contributed by atoms with van der Waals surface area (Å²) in [5.41, 5.74) is 7.91. The molecule has 0 spiro atoms. The molecule has 17 heavy (non-hydrogen) atoms. The summed E-state index contributed by atoms with van der Waals surface area (Å²) in [6.07, 6.45) is 0.330. The summed E-state index contributed by atoms with van der Waals surface area (Å²) in [4.78, 5) is 11.1. The quantitative estimate of drug-likeness (QED) is 0.850. The van der Waals surface area contributed by atoms with Crippen molar-refractivity contribution in [3.05, 3.63) is 23.3 Å². The number of Topliss-reactive ketones (excluding diaryl/α,β-unsaturated/α-hetero) is 1. The zero-order chi connectivity index (χ0) is 13.0. The summed E-state index contributed by atoms with van der Waals surface area (Å²) < 4.78 is 10.4. The molecule has 0 heterocycles. The van der Waals surface area contributed by atoms with E-state index in [0.717, 1.165) is 11.1 Å². The van der Waals surface area contributed by atoms with Crippen LogP contribution in [-0.4, -0.2) is 20.0 Å². The molecule has 1 aromatic rings. The molecule has 0 aliphatic rings. The van der Waals surface area contributed by atoms with Crippen molar-refractivity contribution in [1.82, 2.24) is 0 Å². The molecule has 1 rings (SSSR count). The van der Waals surface area contributed by atoms with Crippen LogP contribution in [0.4, 0.5) is 0 Å². The van der Waals surface area contributed by atoms with E-state index in [-0.39, 0.29) is 11.8 Å². The van der Waals surface area contributed by atoms with Gasteiger partial charge in [0, 0.05) is 12.5 Å². The van der Waals surface area contributed by atoms with Gasteiger partial charge in [0.1, 0.15) is 5.78 Å². The molecule has 0 radical (unpaired) electrons. The van der Waals surface area contributed by atoms with Gasteiger partial charge >= 0.3 is 0 Å². The number of ketones is 1. The minimum absolute atomic E-state index is 0.0756. The lowest BCUT2D eigenvalue weighted by atomic mass is 9.97. The number of benzene rings is 1. The number of carbonyl (C=O) groups is 1. The molecule has 0 saturated heterocycles. The van der Waals surface area contributed by atoms with Crippen molar-refractivity contribution in [3.8, 4) is 11.5 Å². The minimum Gasteiger partial charge on any atom is -0.493 e. The van der Waals surface area contributed by atoms with Crippen LogP contribution in [0.1, 0.15) is 30.5 Å². The van der Waals surface area contributed by atoms with Gasteiger partial charge in [-0.3, -0.25) is 4.79 Å². The predicted octanol–water partition coefficient (Wildman–Crippen LogP) is 1.99. The van der Waals surface area contributed by atoms with Crippen LogP contribution in [0.5, 0.6) is 11.5 Å². The van der Waals surface area contributed by atoms with Crippen LogP contribution in [0, 0.1) is 6.92 Å². The van der Waals surface area contributed by atoms with Crippen molar-refractivity contribution < 1.29 is 14.3 Å². The van der Waals surface area contributed by atoms with Gasteiger partial charge in [-0.25, -0.2) is 0 Å².